The van der Waals surface area contributed by atoms with Crippen LogP contribution in [0.4, 0.5) is 0 Å². The lowest BCUT2D eigenvalue weighted by Gasteiger charge is -2.06. The molecule has 0 aliphatic heterocycles. The molecule has 130 valence electrons. The average Bonchev–Trinajstić information content (AvgIpc) is 2.60. The first-order valence-electron chi connectivity index (χ1n) is 7.73. The minimum atomic E-state index is 0.288. The Kier molecular flexibility index (Phi) is 8.91. The van der Waals surface area contributed by atoms with Crippen LogP contribution in [0.3, 0.4) is 0 Å². The molecular weight excluding hydrogens is 344 g/mol. The second-order valence-electron chi connectivity index (χ2n) is 4.91. The summed E-state index contributed by atoms with van der Waals surface area (Å²) in [5.41, 5.74) is 0. The third-order valence-electron chi connectivity index (χ3n) is 3.04. The number of rotatable bonds is 11. The van der Waals surface area contributed by atoms with E-state index in [0.29, 0.717) is 26.4 Å². The van der Waals surface area contributed by atoms with Gasteiger partial charge in [0.25, 0.3) is 0 Å². The van der Waals surface area contributed by atoms with Crippen molar-refractivity contribution >= 4 is 23.5 Å². The van der Waals surface area contributed by atoms with Gasteiger partial charge < -0.3 is 19.7 Å². The fourth-order valence-electron chi connectivity index (χ4n) is 1.84. The Morgan fingerprint density at radius 2 is 0.958 bits per heavy atom. The molecule has 2 rings (SSSR count). The molecule has 0 fully saturated rings. The summed E-state index contributed by atoms with van der Waals surface area (Å²) < 4.78 is 11.1. The van der Waals surface area contributed by atoms with Crippen molar-refractivity contribution in [2.24, 2.45) is 0 Å². The molecule has 0 aromatic heterocycles. The number of thioether (sulfide) groups is 2. The zero-order valence-corrected chi connectivity index (χ0v) is 15.0. The van der Waals surface area contributed by atoms with Crippen LogP contribution in [0, 0.1) is 0 Å². The Balaban J connectivity index is 1.40. The van der Waals surface area contributed by atoms with Gasteiger partial charge in [0.1, 0.15) is 11.5 Å². The van der Waals surface area contributed by atoms with Crippen LogP contribution < -0.4 is 0 Å². The van der Waals surface area contributed by atoms with E-state index >= 15 is 0 Å². The van der Waals surface area contributed by atoms with Crippen molar-refractivity contribution in [2.45, 2.75) is 9.79 Å². The first-order valence-corrected chi connectivity index (χ1v) is 9.70. The minimum absolute atomic E-state index is 0.288. The van der Waals surface area contributed by atoms with Gasteiger partial charge in [0.15, 0.2) is 0 Å². The van der Waals surface area contributed by atoms with E-state index in [4.69, 9.17) is 9.47 Å². The first kappa shape index (κ1) is 19.0. The predicted octanol–water partition coefficient (Wildman–Crippen LogP) is 4.02. The molecule has 0 saturated carbocycles. The largest absolute Gasteiger partial charge is 0.508 e. The highest BCUT2D eigenvalue weighted by Gasteiger charge is 1.97. The Morgan fingerprint density at radius 3 is 1.33 bits per heavy atom. The summed E-state index contributed by atoms with van der Waals surface area (Å²) >= 11 is 3.40. The second kappa shape index (κ2) is 11.3. The number of aromatic hydroxyl groups is 2. The van der Waals surface area contributed by atoms with Crippen LogP contribution >= 0.6 is 23.5 Å². The van der Waals surface area contributed by atoms with Gasteiger partial charge in [0.2, 0.25) is 0 Å². The quantitative estimate of drug-likeness (QED) is 0.463. The highest BCUT2D eigenvalue weighted by Crippen LogP contribution is 2.21. The number of hydrogen-bond acceptors (Lipinski definition) is 6. The minimum Gasteiger partial charge on any atom is -0.508 e. The summed E-state index contributed by atoms with van der Waals surface area (Å²) in [5.74, 6) is 2.33. The predicted molar refractivity (Wildman–Crippen MR) is 99.3 cm³/mol. The number of ether oxygens (including phenoxy) is 2. The van der Waals surface area contributed by atoms with Gasteiger partial charge in [0, 0.05) is 21.3 Å². The second-order valence-corrected chi connectivity index (χ2v) is 7.25. The number of benzene rings is 2. The molecular formula is C18H22O4S2. The summed E-state index contributed by atoms with van der Waals surface area (Å²) in [5, 5.41) is 18.4. The van der Waals surface area contributed by atoms with Gasteiger partial charge in [-0.1, -0.05) is 0 Å². The van der Waals surface area contributed by atoms with E-state index in [0.717, 1.165) is 21.3 Å². The molecule has 0 radical (unpaired) electrons. The Morgan fingerprint density at radius 1 is 0.583 bits per heavy atom. The highest BCUT2D eigenvalue weighted by atomic mass is 32.2. The molecule has 2 N–H and O–H groups in total. The van der Waals surface area contributed by atoms with Crippen LogP contribution in [0.25, 0.3) is 0 Å². The van der Waals surface area contributed by atoms with Crippen molar-refractivity contribution in [3.05, 3.63) is 48.5 Å². The highest BCUT2D eigenvalue weighted by molar-refractivity contribution is 7.99. The van der Waals surface area contributed by atoms with Crippen molar-refractivity contribution in [3.8, 4) is 11.5 Å². The lowest BCUT2D eigenvalue weighted by Crippen LogP contribution is -2.08. The maximum Gasteiger partial charge on any atom is 0.115 e. The zero-order chi connectivity index (χ0) is 17.0. The SMILES string of the molecule is Oc1ccc(SCCOCCOCCSc2ccc(O)cc2)cc1. The van der Waals surface area contributed by atoms with Gasteiger partial charge in [-0.05, 0) is 48.5 Å². The van der Waals surface area contributed by atoms with Crippen molar-refractivity contribution in [3.63, 3.8) is 0 Å². The number of hydrogen-bond donors (Lipinski definition) is 2. The molecule has 0 bridgehead atoms. The van der Waals surface area contributed by atoms with Crippen LogP contribution in [0.1, 0.15) is 0 Å². The molecule has 0 saturated heterocycles. The molecule has 0 aliphatic rings. The molecule has 6 heteroatoms. The third kappa shape index (κ3) is 7.97. The first-order chi connectivity index (χ1) is 11.7. The average molecular weight is 367 g/mol. The molecule has 0 unspecified atom stereocenters. The Labute approximate surface area is 151 Å². The molecule has 4 nitrogen and oxygen atoms in total. The number of phenols is 2. The molecule has 2 aromatic carbocycles. The lowest BCUT2D eigenvalue weighted by atomic mass is 10.3. The van der Waals surface area contributed by atoms with E-state index < -0.39 is 0 Å². The fourth-order valence-corrected chi connectivity index (χ4v) is 3.37. The van der Waals surface area contributed by atoms with Gasteiger partial charge in [-0.3, -0.25) is 0 Å². The van der Waals surface area contributed by atoms with Crippen molar-refractivity contribution in [1.82, 2.24) is 0 Å². The van der Waals surface area contributed by atoms with Gasteiger partial charge in [-0.15, -0.1) is 23.5 Å². The molecule has 0 atom stereocenters. The van der Waals surface area contributed by atoms with Gasteiger partial charge in [-0.2, -0.15) is 0 Å². The molecule has 0 heterocycles. The molecule has 0 amide bonds. The lowest BCUT2D eigenvalue weighted by molar-refractivity contribution is 0.0605. The maximum atomic E-state index is 9.20. The van der Waals surface area contributed by atoms with Gasteiger partial charge in [-0.25, -0.2) is 0 Å². The molecule has 2 aromatic rings. The van der Waals surface area contributed by atoms with Crippen molar-refractivity contribution in [2.75, 3.05) is 37.9 Å². The molecule has 24 heavy (non-hydrogen) atoms. The molecule has 0 aliphatic carbocycles. The van der Waals surface area contributed by atoms with Crippen LogP contribution in [-0.2, 0) is 9.47 Å². The van der Waals surface area contributed by atoms with E-state index in [9.17, 15) is 10.2 Å². The van der Waals surface area contributed by atoms with Crippen LogP contribution in [0.2, 0.25) is 0 Å². The maximum absolute atomic E-state index is 9.20. The Hall–Kier alpha value is -1.34. The Bertz CT molecular complexity index is 519. The summed E-state index contributed by atoms with van der Waals surface area (Å²) in [6, 6.07) is 14.3. The van der Waals surface area contributed by atoms with Gasteiger partial charge in [0.05, 0.1) is 26.4 Å². The summed E-state index contributed by atoms with van der Waals surface area (Å²) in [7, 11) is 0. The smallest absolute Gasteiger partial charge is 0.115 e. The topological polar surface area (TPSA) is 58.9 Å². The third-order valence-corrected chi connectivity index (χ3v) is 4.99. The van der Waals surface area contributed by atoms with E-state index in [1.54, 1.807) is 47.8 Å². The number of phenolic OH excluding ortho intramolecular Hbond substituents is 2. The fraction of sp³-hybridized carbons (Fsp3) is 0.333. The van der Waals surface area contributed by atoms with Crippen molar-refractivity contribution in [1.29, 1.82) is 0 Å². The van der Waals surface area contributed by atoms with E-state index in [1.165, 1.54) is 0 Å². The summed E-state index contributed by atoms with van der Waals surface area (Å²) in [4.78, 5) is 2.25. The van der Waals surface area contributed by atoms with E-state index in [1.807, 2.05) is 24.3 Å². The summed E-state index contributed by atoms with van der Waals surface area (Å²) in [6.45, 7) is 2.55. The monoisotopic (exact) mass is 366 g/mol. The normalized spacial score (nSPS) is 10.8. The van der Waals surface area contributed by atoms with Crippen molar-refractivity contribution < 1.29 is 19.7 Å². The van der Waals surface area contributed by atoms with Crippen LogP contribution in [0.15, 0.2) is 58.3 Å². The van der Waals surface area contributed by atoms with Crippen LogP contribution in [-0.4, -0.2) is 48.1 Å². The molecule has 0 spiro atoms. The summed E-state index contributed by atoms with van der Waals surface area (Å²) in [6.07, 6.45) is 0. The zero-order valence-electron chi connectivity index (χ0n) is 13.4. The standard InChI is InChI=1S/C18H22O4S2/c19-15-1-5-17(6-2-15)23-13-11-21-9-10-22-12-14-24-18-7-3-16(20)4-8-18/h1-8,19-20H,9-14H2. The van der Waals surface area contributed by atoms with E-state index in [2.05, 4.69) is 0 Å². The van der Waals surface area contributed by atoms with Crippen LogP contribution in [0.5, 0.6) is 11.5 Å². The van der Waals surface area contributed by atoms with Gasteiger partial charge >= 0.3 is 0 Å². The van der Waals surface area contributed by atoms with E-state index in [-0.39, 0.29) is 11.5 Å².